The van der Waals surface area contributed by atoms with Crippen LogP contribution in [0.25, 0.3) is 0 Å². The second-order valence-electron chi connectivity index (χ2n) is 7.95. The first kappa shape index (κ1) is 25.2. The Balaban J connectivity index is 4.53. The van der Waals surface area contributed by atoms with Gasteiger partial charge in [-0.3, -0.25) is 4.99 Å². The minimum Gasteiger partial charge on any atom is -0.357 e. The van der Waals surface area contributed by atoms with E-state index in [1.54, 1.807) is 0 Å². The fraction of sp³-hybridized carbons (Fsp3) is 0.947. The minimum absolute atomic E-state index is 0.141. The van der Waals surface area contributed by atoms with Crippen molar-refractivity contribution in [2.24, 2.45) is 10.4 Å². The van der Waals surface area contributed by atoms with Crippen LogP contribution in [0, 0.1) is 5.41 Å². The Bertz CT molecular complexity index is 500. The Morgan fingerprint density at radius 2 is 1.81 bits per heavy atom. The predicted molar refractivity (Wildman–Crippen MR) is 114 cm³/mol. The number of rotatable bonds is 13. The number of hydrogen-bond acceptors (Lipinski definition) is 4. The molecule has 0 spiro atoms. The van der Waals surface area contributed by atoms with Crippen molar-refractivity contribution >= 4 is 15.8 Å². The van der Waals surface area contributed by atoms with Crippen molar-refractivity contribution < 1.29 is 8.42 Å². The van der Waals surface area contributed by atoms with Crippen LogP contribution in [0.15, 0.2) is 4.99 Å². The molecule has 0 radical (unpaired) electrons. The largest absolute Gasteiger partial charge is 0.357 e. The van der Waals surface area contributed by atoms with Gasteiger partial charge in [0.15, 0.2) is 5.96 Å². The Hall–Kier alpha value is -0.820. The highest BCUT2D eigenvalue weighted by Gasteiger charge is 2.20. The summed E-state index contributed by atoms with van der Waals surface area (Å²) in [6.07, 6.45) is 4.17. The number of sulfone groups is 1. The van der Waals surface area contributed by atoms with Crippen LogP contribution in [-0.4, -0.2) is 70.1 Å². The van der Waals surface area contributed by atoms with Gasteiger partial charge in [-0.25, -0.2) is 8.42 Å². The zero-order valence-electron chi connectivity index (χ0n) is 18.1. The molecule has 0 aliphatic heterocycles. The third kappa shape index (κ3) is 13.4. The predicted octanol–water partition coefficient (Wildman–Crippen LogP) is 2.51. The van der Waals surface area contributed by atoms with Gasteiger partial charge in [0.05, 0.1) is 5.75 Å². The Kier molecular flexibility index (Phi) is 12.2. The molecule has 0 fully saturated rings. The first-order chi connectivity index (χ1) is 12.0. The maximum absolute atomic E-state index is 11.4. The van der Waals surface area contributed by atoms with Crippen LogP contribution < -0.4 is 10.6 Å². The smallest absolute Gasteiger partial charge is 0.191 e. The van der Waals surface area contributed by atoms with Gasteiger partial charge in [-0.1, -0.05) is 27.7 Å². The lowest BCUT2D eigenvalue weighted by Gasteiger charge is -2.24. The molecule has 0 rings (SSSR count). The van der Waals surface area contributed by atoms with Crippen LogP contribution in [0.1, 0.15) is 60.8 Å². The van der Waals surface area contributed by atoms with E-state index in [-0.39, 0.29) is 11.2 Å². The van der Waals surface area contributed by atoms with E-state index < -0.39 is 9.84 Å². The second-order valence-corrected chi connectivity index (χ2v) is 10.2. The van der Waals surface area contributed by atoms with Gasteiger partial charge in [0.2, 0.25) is 0 Å². The molecule has 0 aliphatic rings. The Labute approximate surface area is 162 Å². The summed E-state index contributed by atoms with van der Waals surface area (Å²) in [6.45, 7) is 17.5. The van der Waals surface area contributed by atoms with Gasteiger partial charge in [-0.15, -0.1) is 0 Å². The van der Waals surface area contributed by atoms with E-state index in [2.05, 4.69) is 57.1 Å². The van der Waals surface area contributed by atoms with Crippen molar-refractivity contribution in [3.8, 4) is 0 Å². The lowest BCUT2D eigenvalue weighted by Crippen LogP contribution is -2.43. The highest BCUT2D eigenvalue weighted by molar-refractivity contribution is 7.90. The van der Waals surface area contributed by atoms with E-state index in [9.17, 15) is 8.42 Å². The van der Waals surface area contributed by atoms with E-state index in [1.807, 2.05) is 0 Å². The molecule has 7 heteroatoms. The van der Waals surface area contributed by atoms with Crippen molar-refractivity contribution in [3.05, 3.63) is 0 Å². The number of nitrogens with one attached hydrogen (secondary N) is 2. The molecule has 0 aromatic heterocycles. The summed E-state index contributed by atoms with van der Waals surface area (Å²) < 4.78 is 22.8. The van der Waals surface area contributed by atoms with Gasteiger partial charge >= 0.3 is 0 Å². The van der Waals surface area contributed by atoms with Crippen LogP contribution in [-0.2, 0) is 9.84 Å². The van der Waals surface area contributed by atoms with Gasteiger partial charge in [-0.05, 0) is 58.2 Å². The van der Waals surface area contributed by atoms with E-state index in [1.165, 1.54) is 6.26 Å². The summed E-state index contributed by atoms with van der Waals surface area (Å²) in [5.41, 5.74) is -0.141. The molecule has 0 aliphatic carbocycles. The molecule has 0 saturated heterocycles. The van der Waals surface area contributed by atoms with E-state index in [4.69, 9.17) is 4.99 Å². The first-order valence-electron chi connectivity index (χ1n) is 9.98. The molecular weight excluding hydrogens is 348 g/mol. The van der Waals surface area contributed by atoms with Crippen molar-refractivity contribution in [1.29, 1.82) is 0 Å². The van der Waals surface area contributed by atoms with Gasteiger partial charge in [-0.2, -0.15) is 0 Å². The van der Waals surface area contributed by atoms with Crippen molar-refractivity contribution in [2.45, 2.75) is 66.8 Å². The van der Waals surface area contributed by atoms with Crippen molar-refractivity contribution in [2.75, 3.05) is 44.7 Å². The molecule has 2 N–H and O–H groups in total. The van der Waals surface area contributed by atoms with Gasteiger partial charge in [0, 0.05) is 25.4 Å². The highest BCUT2D eigenvalue weighted by atomic mass is 32.2. The lowest BCUT2D eigenvalue weighted by atomic mass is 9.90. The van der Waals surface area contributed by atoms with E-state index >= 15 is 0 Å². The molecule has 0 aromatic carbocycles. The molecule has 156 valence electrons. The molecular formula is C19H42N4O2S. The zero-order chi connectivity index (χ0) is 20.2. The number of nitrogens with zero attached hydrogens (tertiary/aromatic N) is 2. The normalized spacial score (nSPS) is 14.5. The second kappa shape index (κ2) is 12.5. The van der Waals surface area contributed by atoms with Crippen molar-refractivity contribution in [3.63, 3.8) is 0 Å². The van der Waals surface area contributed by atoms with Crippen LogP contribution in [0.2, 0.25) is 0 Å². The van der Waals surface area contributed by atoms with E-state index in [0.29, 0.717) is 19.0 Å². The van der Waals surface area contributed by atoms with Crippen LogP contribution in [0.5, 0.6) is 0 Å². The summed E-state index contributed by atoms with van der Waals surface area (Å²) in [6, 6.07) is 0.350. The van der Waals surface area contributed by atoms with E-state index in [0.717, 1.165) is 45.0 Å². The molecule has 0 heterocycles. The number of guanidine groups is 1. The van der Waals surface area contributed by atoms with Crippen LogP contribution >= 0.6 is 0 Å². The quantitative estimate of drug-likeness (QED) is 0.373. The zero-order valence-corrected chi connectivity index (χ0v) is 18.9. The summed E-state index contributed by atoms with van der Waals surface area (Å²) in [5, 5.41) is 6.76. The standard InChI is InChI=1S/C19H42N4O2S/c1-8-20-18(21-16-19(5,6)13-15-26(7,24)25)22-17(4)12-11-14-23(9-2)10-3/h17H,8-16H2,1-7H3,(H2,20,21,22). The topological polar surface area (TPSA) is 73.8 Å². The highest BCUT2D eigenvalue weighted by Crippen LogP contribution is 2.21. The number of hydrogen-bond donors (Lipinski definition) is 2. The maximum Gasteiger partial charge on any atom is 0.191 e. The first-order valence-corrected chi connectivity index (χ1v) is 12.0. The molecule has 1 atom stereocenters. The maximum atomic E-state index is 11.4. The van der Waals surface area contributed by atoms with Gasteiger partial charge in [0.25, 0.3) is 0 Å². The average molecular weight is 391 g/mol. The number of aliphatic imine (C=N–C) groups is 1. The molecule has 0 bridgehead atoms. The SMILES string of the molecule is CCNC(=NCC(C)(C)CCS(C)(=O)=O)NC(C)CCCN(CC)CC. The molecule has 0 amide bonds. The monoisotopic (exact) mass is 390 g/mol. The summed E-state index contributed by atoms with van der Waals surface area (Å²) in [7, 11) is -2.93. The third-order valence-electron chi connectivity index (χ3n) is 4.55. The van der Waals surface area contributed by atoms with Crippen LogP contribution in [0.3, 0.4) is 0 Å². The third-order valence-corrected chi connectivity index (χ3v) is 5.49. The molecule has 1 unspecified atom stereocenters. The lowest BCUT2D eigenvalue weighted by molar-refractivity contribution is 0.292. The Morgan fingerprint density at radius 3 is 2.31 bits per heavy atom. The van der Waals surface area contributed by atoms with Crippen LogP contribution in [0.4, 0.5) is 0 Å². The molecule has 26 heavy (non-hydrogen) atoms. The molecule has 6 nitrogen and oxygen atoms in total. The fourth-order valence-corrected chi connectivity index (χ4v) is 3.54. The summed E-state index contributed by atoms with van der Waals surface area (Å²) in [5.74, 6) is 1.02. The molecule has 0 saturated carbocycles. The minimum atomic E-state index is -2.93. The fourth-order valence-electron chi connectivity index (χ4n) is 2.62. The summed E-state index contributed by atoms with van der Waals surface area (Å²) in [4.78, 5) is 7.13. The summed E-state index contributed by atoms with van der Waals surface area (Å²) >= 11 is 0. The average Bonchev–Trinajstić information content (AvgIpc) is 2.55. The Morgan fingerprint density at radius 1 is 1.19 bits per heavy atom. The van der Waals surface area contributed by atoms with Gasteiger partial charge < -0.3 is 15.5 Å². The van der Waals surface area contributed by atoms with Gasteiger partial charge in [0.1, 0.15) is 9.84 Å². The van der Waals surface area contributed by atoms with Crippen molar-refractivity contribution in [1.82, 2.24) is 15.5 Å². The molecule has 0 aromatic rings.